The van der Waals surface area contributed by atoms with E-state index in [2.05, 4.69) is 34.9 Å². The molecule has 2 aliphatic rings. The van der Waals surface area contributed by atoms with Gasteiger partial charge in [-0.05, 0) is 52.5 Å². The van der Waals surface area contributed by atoms with Crippen molar-refractivity contribution in [3.05, 3.63) is 59.7 Å². The van der Waals surface area contributed by atoms with Crippen molar-refractivity contribution in [2.75, 3.05) is 18.1 Å². The molecule has 3 N–H and O–H groups in total. The van der Waals surface area contributed by atoms with Gasteiger partial charge in [-0.25, -0.2) is 4.79 Å². The Hall–Kier alpha value is -3.00. The van der Waals surface area contributed by atoms with Crippen LogP contribution in [0.3, 0.4) is 0 Å². The van der Waals surface area contributed by atoms with Crippen LogP contribution in [0.1, 0.15) is 50.2 Å². The van der Waals surface area contributed by atoms with Gasteiger partial charge in [0.15, 0.2) is 0 Å². The number of aliphatic carboxylic acids is 1. The van der Waals surface area contributed by atoms with Gasteiger partial charge in [0.05, 0.1) is 12.0 Å². The first kappa shape index (κ1) is 25.1. The van der Waals surface area contributed by atoms with Crippen LogP contribution in [0, 0.1) is 5.92 Å². The Balaban J connectivity index is 1.41. The fourth-order valence-electron chi connectivity index (χ4n) is 5.04. The standard InChI is InChI=1S/C27H32N2O5S/c1-17(2)24(25(32)29-27(15-23(30)31)11-13-35-14-12-27)28-26(33)34-16-22-20-9-5-3-7-18(20)19-8-4-6-10-21(19)22/h3-10,17,22,24H,11-16H2,1-2H3,(H,28,33)(H,29,32)(H,30,31). The van der Waals surface area contributed by atoms with Crippen molar-refractivity contribution < 1.29 is 24.2 Å². The molecule has 2 amide bonds. The van der Waals surface area contributed by atoms with E-state index in [9.17, 15) is 19.5 Å². The van der Waals surface area contributed by atoms with E-state index < -0.39 is 23.6 Å². The van der Waals surface area contributed by atoms with Crippen LogP contribution in [0.2, 0.25) is 0 Å². The molecule has 186 valence electrons. The Kier molecular flexibility index (Phi) is 7.69. The minimum Gasteiger partial charge on any atom is -0.481 e. The van der Waals surface area contributed by atoms with E-state index in [1.165, 1.54) is 0 Å². The van der Waals surface area contributed by atoms with Crippen LogP contribution >= 0.6 is 11.8 Å². The van der Waals surface area contributed by atoms with Crippen molar-refractivity contribution in [2.24, 2.45) is 5.92 Å². The average Bonchev–Trinajstić information content (AvgIpc) is 3.14. The number of benzene rings is 2. The summed E-state index contributed by atoms with van der Waals surface area (Å²) in [7, 11) is 0. The van der Waals surface area contributed by atoms with E-state index in [0.29, 0.717) is 12.8 Å². The molecule has 0 spiro atoms. The van der Waals surface area contributed by atoms with Crippen LogP contribution in [0.25, 0.3) is 11.1 Å². The first-order valence-corrected chi connectivity index (χ1v) is 13.2. The quantitative estimate of drug-likeness (QED) is 0.500. The zero-order chi connectivity index (χ0) is 25.0. The topological polar surface area (TPSA) is 105 Å². The molecule has 1 unspecified atom stereocenters. The molecule has 7 nitrogen and oxygen atoms in total. The van der Waals surface area contributed by atoms with Gasteiger partial charge in [-0.15, -0.1) is 0 Å². The lowest BCUT2D eigenvalue weighted by atomic mass is 9.87. The Morgan fingerprint density at radius 2 is 1.60 bits per heavy atom. The number of carboxylic acids is 1. The summed E-state index contributed by atoms with van der Waals surface area (Å²) in [5, 5.41) is 15.1. The number of rotatable bonds is 8. The van der Waals surface area contributed by atoms with Crippen LogP contribution < -0.4 is 10.6 Å². The lowest BCUT2D eigenvalue weighted by Crippen LogP contribution is -2.59. The number of ether oxygens (including phenoxy) is 1. The second-order valence-corrected chi connectivity index (χ2v) is 10.9. The molecule has 0 radical (unpaired) electrons. The summed E-state index contributed by atoms with van der Waals surface area (Å²) in [6, 6.07) is 15.4. The third-order valence-electron chi connectivity index (χ3n) is 6.89. The number of fused-ring (bicyclic) bond motifs is 3. The van der Waals surface area contributed by atoms with Gasteiger partial charge >= 0.3 is 12.1 Å². The molecule has 1 aliphatic heterocycles. The van der Waals surface area contributed by atoms with Crippen molar-refractivity contribution in [1.29, 1.82) is 0 Å². The molecule has 1 fully saturated rings. The molecule has 4 rings (SSSR count). The number of hydrogen-bond acceptors (Lipinski definition) is 5. The monoisotopic (exact) mass is 496 g/mol. The van der Waals surface area contributed by atoms with Crippen LogP contribution in [0.5, 0.6) is 0 Å². The molecule has 0 aromatic heterocycles. The summed E-state index contributed by atoms with van der Waals surface area (Å²) in [5.74, 6) is -0.00258. The Morgan fingerprint density at radius 1 is 1.03 bits per heavy atom. The van der Waals surface area contributed by atoms with Crippen LogP contribution in [0.15, 0.2) is 48.5 Å². The highest BCUT2D eigenvalue weighted by Gasteiger charge is 2.39. The lowest BCUT2D eigenvalue weighted by molar-refractivity contribution is -0.139. The Labute approximate surface area is 210 Å². The van der Waals surface area contributed by atoms with Gasteiger partial charge in [-0.2, -0.15) is 11.8 Å². The van der Waals surface area contributed by atoms with E-state index in [0.717, 1.165) is 33.8 Å². The number of hydrogen-bond donors (Lipinski definition) is 3. The molecule has 35 heavy (non-hydrogen) atoms. The molecule has 2 aromatic carbocycles. The van der Waals surface area contributed by atoms with Crippen LogP contribution in [-0.2, 0) is 14.3 Å². The van der Waals surface area contributed by atoms with Crippen molar-refractivity contribution >= 4 is 29.7 Å². The average molecular weight is 497 g/mol. The maximum Gasteiger partial charge on any atom is 0.407 e. The number of carboxylic acid groups (broad SMARTS) is 1. The highest BCUT2D eigenvalue weighted by Crippen LogP contribution is 2.44. The normalized spacial score (nSPS) is 17.2. The maximum atomic E-state index is 13.2. The van der Waals surface area contributed by atoms with Crippen molar-refractivity contribution in [3.63, 3.8) is 0 Å². The van der Waals surface area contributed by atoms with E-state index in [1.807, 2.05) is 38.1 Å². The van der Waals surface area contributed by atoms with Crippen molar-refractivity contribution in [2.45, 2.75) is 50.6 Å². The number of carbonyl (C=O) groups excluding carboxylic acids is 2. The molecule has 1 atom stereocenters. The molecule has 1 heterocycles. The van der Waals surface area contributed by atoms with Gasteiger partial charge in [0.1, 0.15) is 12.6 Å². The van der Waals surface area contributed by atoms with Gasteiger partial charge in [0.2, 0.25) is 5.91 Å². The number of nitrogens with one attached hydrogen (secondary N) is 2. The zero-order valence-electron chi connectivity index (χ0n) is 20.1. The third kappa shape index (κ3) is 5.64. The zero-order valence-corrected chi connectivity index (χ0v) is 20.9. The number of thioether (sulfide) groups is 1. The predicted molar refractivity (Wildman–Crippen MR) is 137 cm³/mol. The minimum absolute atomic E-state index is 0.0712. The molecule has 1 saturated heterocycles. The molecule has 0 bridgehead atoms. The number of amides is 2. The van der Waals surface area contributed by atoms with Crippen molar-refractivity contribution in [3.8, 4) is 11.1 Å². The van der Waals surface area contributed by atoms with Gasteiger partial charge in [0.25, 0.3) is 0 Å². The highest BCUT2D eigenvalue weighted by atomic mass is 32.2. The minimum atomic E-state index is -0.942. The van der Waals surface area contributed by atoms with Crippen molar-refractivity contribution in [1.82, 2.24) is 10.6 Å². The summed E-state index contributed by atoms with van der Waals surface area (Å²) in [5.41, 5.74) is 3.73. The Morgan fingerprint density at radius 3 is 2.14 bits per heavy atom. The van der Waals surface area contributed by atoms with Gasteiger partial charge in [0, 0.05) is 5.92 Å². The van der Waals surface area contributed by atoms with Gasteiger partial charge < -0.3 is 20.5 Å². The van der Waals surface area contributed by atoms with E-state index in [1.54, 1.807) is 11.8 Å². The lowest BCUT2D eigenvalue weighted by Gasteiger charge is -2.38. The van der Waals surface area contributed by atoms with E-state index in [-0.39, 0.29) is 30.8 Å². The second kappa shape index (κ2) is 10.7. The van der Waals surface area contributed by atoms with Gasteiger partial charge in [-0.1, -0.05) is 62.4 Å². The third-order valence-corrected chi connectivity index (χ3v) is 7.88. The second-order valence-electron chi connectivity index (χ2n) is 9.64. The summed E-state index contributed by atoms with van der Waals surface area (Å²) in [6.07, 6.45) is 0.388. The summed E-state index contributed by atoms with van der Waals surface area (Å²) >= 11 is 1.75. The van der Waals surface area contributed by atoms with E-state index >= 15 is 0 Å². The fraction of sp³-hybridized carbons (Fsp3) is 0.444. The molecular formula is C27H32N2O5S. The first-order valence-electron chi connectivity index (χ1n) is 12.0. The molecule has 1 aliphatic carbocycles. The summed E-state index contributed by atoms with van der Waals surface area (Å²) < 4.78 is 5.62. The summed E-state index contributed by atoms with van der Waals surface area (Å²) in [6.45, 7) is 3.84. The van der Waals surface area contributed by atoms with E-state index in [4.69, 9.17) is 4.74 Å². The van der Waals surface area contributed by atoms with Gasteiger partial charge in [-0.3, -0.25) is 9.59 Å². The highest BCUT2D eigenvalue weighted by molar-refractivity contribution is 7.99. The smallest absolute Gasteiger partial charge is 0.407 e. The Bertz CT molecular complexity index is 1050. The SMILES string of the molecule is CC(C)C(NC(=O)OCC1c2ccccc2-c2ccccc21)C(=O)NC1(CC(=O)O)CCSCC1. The maximum absolute atomic E-state index is 13.2. The molecule has 8 heteroatoms. The molecular weight excluding hydrogens is 464 g/mol. The number of alkyl carbamates (subject to hydrolysis) is 1. The first-order chi connectivity index (χ1) is 16.8. The molecule has 2 aromatic rings. The predicted octanol–water partition coefficient (Wildman–Crippen LogP) is 4.41. The molecule has 0 saturated carbocycles. The van der Waals surface area contributed by atoms with Crippen LogP contribution in [0.4, 0.5) is 4.79 Å². The fourth-order valence-corrected chi connectivity index (χ4v) is 6.31. The van der Waals surface area contributed by atoms with Crippen LogP contribution in [-0.4, -0.2) is 52.8 Å². The largest absolute Gasteiger partial charge is 0.481 e. The summed E-state index contributed by atoms with van der Waals surface area (Å²) in [4.78, 5) is 37.4. The number of carbonyl (C=O) groups is 3.